The molecule has 0 saturated carbocycles. The van der Waals surface area contributed by atoms with Gasteiger partial charge in [0.05, 0.1) is 6.04 Å². The van der Waals surface area contributed by atoms with Crippen LogP contribution < -0.4 is 0 Å². The Bertz CT molecular complexity index is 413. The van der Waals surface area contributed by atoms with Crippen LogP contribution in [0.1, 0.15) is 27.7 Å². The van der Waals surface area contributed by atoms with Crippen molar-refractivity contribution in [1.29, 1.82) is 0 Å². The number of carbonyl (C=O) groups is 3. The Labute approximate surface area is 137 Å². The first kappa shape index (κ1) is 21.3. The van der Waals surface area contributed by atoms with E-state index in [1.165, 1.54) is 39.9 Å². The zero-order valence-electron chi connectivity index (χ0n) is 14.8. The van der Waals surface area contributed by atoms with Gasteiger partial charge in [0.15, 0.2) is 0 Å². The summed E-state index contributed by atoms with van der Waals surface area (Å²) in [7, 11) is 4.47. The number of hydrogen-bond donors (Lipinski definition) is 0. The topological polar surface area (TPSA) is 91.4 Å². The highest BCUT2D eigenvalue weighted by molar-refractivity contribution is 5.73. The molecule has 0 heterocycles. The molecule has 0 aromatic heterocycles. The van der Waals surface area contributed by atoms with Crippen molar-refractivity contribution in [1.82, 2.24) is 4.90 Å². The van der Waals surface area contributed by atoms with E-state index in [-0.39, 0.29) is 12.5 Å². The lowest BCUT2D eigenvalue weighted by Crippen LogP contribution is -2.57. The lowest BCUT2D eigenvalue weighted by atomic mass is 9.99. The van der Waals surface area contributed by atoms with Crippen LogP contribution in [0.15, 0.2) is 0 Å². The largest absolute Gasteiger partial charge is 0.463 e. The van der Waals surface area contributed by atoms with E-state index < -0.39 is 36.3 Å². The molecule has 0 bridgehead atoms. The molecule has 0 aliphatic carbocycles. The molecule has 8 heteroatoms. The molecule has 0 radical (unpaired) electrons. The maximum absolute atomic E-state index is 11.8. The highest BCUT2D eigenvalue weighted by atomic mass is 16.6. The monoisotopic (exact) mass is 333 g/mol. The molecule has 8 nitrogen and oxygen atoms in total. The zero-order chi connectivity index (χ0) is 18.2. The Hall–Kier alpha value is -1.67. The van der Waals surface area contributed by atoms with Crippen LogP contribution in [0.3, 0.4) is 0 Å². The van der Waals surface area contributed by atoms with Crippen molar-refractivity contribution in [2.75, 3.05) is 27.9 Å². The molecule has 0 aliphatic heterocycles. The lowest BCUT2D eigenvalue weighted by Gasteiger charge is -2.39. The van der Waals surface area contributed by atoms with E-state index in [0.717, 1.165) is 0 Å². The van der Waals surface area contributed by atoms with E-state index in [1.807, 2.05) is 0 Å². The third-order valence-corrected chi connectivity index (χ3v) is 3.50. The van der Waals surface area contributed by atoms with Gasteiger partial charge in [-0.05, 0) is 6.92 Å². The highest BCUT2D eigenvalue weighted by Crippen LogP contribution is 2.19. The van der Waals surface area contributed by atoms with Gasteiger partial charge in [0.25, 0.3) is 0 Å². The Kier molecular flexibility index (Phi) is 9.43. The van der Waals surface area contributed by atoms with Crippen LogP contribution in [0.5, 0.6) is 0 Å². The summed E-state index contributed by atoms with van der Waals surface area (Å²) in [5.74, 6) is -1.15. The molecular weight excluding hydrogens is 306 g/mol. The van der Waals surface area contributed by atoms with Gasteiger partial charge in [-0.15, -0.1) is 0 Å². The Morgan fingerprint density at radius 1 is 1.00 bits per heavy atom. The van der Waals surface area contributed by atoms with Gasteiger partial charge in [0.1, 0.15) is 24.9 Å². The predicted molar refractivity (Wildman–Crippen MR) is 81.7 cm³/mol. The number of methoxy groups -OCH3 is 2. The van der Waals surface area contributed by atoms with Crippen molar-refractivity contribution < 1.29 is 33.3 Å². The fourth-order valence-electron chi connectivity index (χ4n) is 2.33. The molecule has 0 rings (SSSR count). The third kappa shape index (κ3) is 6.96. The van der Waals surface area contributed by atoms with Crippen molar-refractivity contribution in [3.8, 4) is 0 Å². The minimum atomic E-state index is -0.659. The molecular formula is C15H27NO7. The number of hydrogen-bond acceptors (Lipinski definition) is 7. The van der Waals surface area contributed by atoms with Crippen LogP contribution in [0.4, 0.5) is 0 Å². The number of ether oxygens (including phenoxy) is 4. The van der Waals surface area contributed by atoms with Gasteiger partial charge in [-0.1, -0.05) is 0 Å². The van der Waals surface area contributed by atoms with Crippen LogP contribution in [-0.2, 0) is 33.3 Å². The maximum Gasteiger partial charge on any atom is 0.302 e. The van der Waals surface area contributed by atoms with E-state index >= 15 is 0 Å². The van der Waals surface area contributed by atoms with E-state index in [2.05, 4.69) is 0 Å². The maximum atomic E-state index is 11.8. The predicted octanol–water partition coefficient (Wildman–Crippen LogP) is 0.378. The molecule has 0 aromatic rings. The smallest absolute Gasteiger partial charge is 0.302 e. The summed E-state index contributed by atoms with van der Waals surface area (Å²) in [6, 6.07) is -0.615. The van der Waals surface area contributed by atoms with Crippen LogP contribution in [0.25, 0.3) is 0 Å². The quantitative estimate of drug-likeness (QED) is 0.563. The molecule has 0 spiro atoms. The molecule has 0 N–H and O–H groups in total. The van der Waals surface area contributed by atoms with Gasteiger partial charge < -0.3 is 23.8 Å². The van der Waals surface area contributed by atoms with Crippen LogP contribution >= 0.6 is 0 Å². The van der Waals surface area contributed by atoms with Crippen molar-refractivity contribution in [3.63, 3.8) is 0 Å². The number of carbonyl (C=O) groups excluding carboxylic acids is 3. The standard InChI is InChI=1S/C15H27NO7/c1-9(23-12(4)19)15(21-7)14(16(5)10(2)17)13(20-6)8-22-11(3)18/h9,13-15H,8H2,1-7H3. The molecule has 0 aromatic carbocycles. The second-order valence-electron chi connectivity index (χ2n) is 5.21. The minimum Gasteiger partial charge on any atom is -0.463 e. The van der Waals surface area contributed by atoms with Crippen LogP contribution in [0, 0.1) is 0 Å². The summed E-state index contributed by atoms with van der Waals surface area (Å²) < 4.78 is 21.0. The van der Waals surface area contributed by atoms with Crippen molar-refractivity contribution in [2.45, 2.75) is 52.0 Å². The van der Waals surface area contributed by atoms with Gasteiger partial charge in [-0.3, -0.25) is 14.4 Å². The number of rotatable bonds is 9. The van der Waals surface area contributed by atoms with E-state index in [4.69, 9.17) is 18.9 Å². The molecule has 4 unspecified atom stereocenters. The molecule has 134 valence electrons. The van der Waals surface area contributed by atoms with Crippen LogP contribution in [0.2, 0.25) is 0 Å². The van der Waals surface area contributed by atoms with Gasteiger partial charge in [0, 0.05) is 42.0 Å². The van der Waals surface area contributed by atoms with Crippen molar-refractivity contribution in [3.05, 3.63) is 0 Å². The number of nitrogens with zero attached hydrogens (tertiary/aromatic N) is 1. The summed E-state index contributed by atoms with van der Waals surface area (Å²) >= 11 is 0. The van der Waals surface area contributed by atoms with Crippen LogP contribution in [-0.4, -0.2) is 75.0 Å². The Morgan fingerprint density at radius 2 is 1.57 bits per heavy atom. The third-order valence-electron chi connectivity index (χ3n) is 3.50. The second-order valence-corrected chi connectivity index (χ2v) is 5.21. The average molecular weight is 333 g/mol. The van der Waals surface area contributed by atoms with E-state index in [9.17, 15) is 14.4 Å². The summed E-state index contributed by atoms with van der Waals surface area (Å²) in [4.78, 5) is 35.5. The SMILES string of the molecule is COC(COC(C)=O)C(C(OC)C(C)OC(C)=O)N(C)C(C)=O. The lowest BCUT2D eigenvalue weighted by molar-refractivity contribution is -0.166. The first-order valence-electron chi connectivity index (χ1n) is 7.25. The average Bonchev–Trinajstić information content (AvgIpc) is 2.44. The van der Waals surface area contributed by atoms with Gasteiger partial charge in [-0.25, -0.2) is 0 Å². The molecule has 23 heavy (non-hydrogen) atoms. The first-order valence-corrected chi connectivity index (χ1v) is 7.25. The molecule has 0 saturated heterocycles. The normalized spacial score (nSPS) is 16.0. The van der Waals surface area contributed by atoms with E-state index in [1.54, 1.807) is 14.0 Å². The van der Waals surface area contributed by atoms with E-state index in [0.29, 0.717) is 0 Å². The summed E-state index contributed by atoms with van der Waals surface area (Å²) in [6.07, 6.45) is -1.93. The summed E-state index contributed by atoms with van der Waals surface area (Å²) in [5, 5.41) is 0. The minimum absolute atomic E-state index is 0.0548. The molecule has 0 aliphatic rings. The Morgan fingerprint density at radius 3 is 1.91 bits per heavy atom. The number of esters is 2. The van der Waals surface area contributed by atoms with Gasteiger partial charge in [0.2, 0.25) is 5.91 Å². The number of amides is 1. The number of likely N-dealkylation sites (N-methyl/N-ethyl adjacent to an activating group) is 1. The zero-order valence-corrected chi connectivity index (χ0v) is 14.8. The molecule has 1 amide bonds. The highest BCUT2D eigenvalue weighted by Gasteiger charge is 2.39. The fourth-order valence-corrected chi connectivity index (χ4v) is 2.33. The molecule has 0 fully saturated rings. The second kappa shape index (κ2) is 10.2. The summed E-state index contributed by atoms with van der Waals surface area (Å²) in [5.41, 5.74) is 0. The fraction of sp³-hybridized carbons (Fsp3) is 0.800. The first-order chi connectivity index (χ1) is 10.6. The van der Waals surface area contributed by atoms with Crippen molar-refractivity contribution >= 4 is 17.8 Å². The van der Waals surface area contributed by atoms with Gasteiger partial charge >= 0.3 is 11.9 Å². The summed E-state index contributed by atoms with van der Waals surface area (Å²) in [6.45, 7) is 5.58. The van der Waals surface area contributed by atoms with Gasteiger partial charge in [-0.2, -0.15) is 0 Å². The molecule has 4 atom stereocenters. The Balaban J connectivity index is 5.48. The van der Waals surface area contributed by atoms with Crippen molar-refractivity contribution in [2.24, 2.45) is 0 Å².